The molecular formula is C28H33NO6. The Kier molecular flexibility index (Phi) is 7.05. The second kappa shape index (κ2) is 10.0. The van der Waals surface area contributed by atoms with E-state index in [4.69, 9.17) is 18.6 Å². The van der Waals surface area contributed by atoms with E-state index < -0.39 is 11.9 Å². The molecule has 0 radical (unpaired) electrons. The average molecular weight is 480 g/mol. The molecule has 0 saturated carbocycles. The van der Waals surface area contributed by atoms with Gasteiger partial charge in [0.2, 0.25) is 0 Å². The fraction of sp³-hybridized carbons (Fsp3) is 0.429. The van der Waals surface area contributed by atoms with Gasteiger partial charge >= 0.3 is 5.97 Å². The number of esters is 1. The first-order chi connectivity index (χ1) is 16.8. The molecule has 0 amide bonds. The number of methoxy groups -OCH3 is 2. The molecule has 0 unspecified atom stereocenters. The lowest BCUT2D eigenvalue weighted by molar-refractivity contribution is -0.144. The number of benzene rings is 1. The molecule has 186 valence electrons. The van der Waals surface area contributed by atoms with Crippen molar-refractivity contribution in [1.29, 1.82) is 0 Å². The van der Waals surface area contributed by atoms with E-state index in [1.54, 1.807) is 14.2 Å². The average Bonchev–Trinajstić information content (AvgIpc) is 3.28. The summed E-state index contributed by atoms with van der Waals surface area (Å²) in [5, 5.41) is 3.37. The predicted molar refractivity (Wildman–Crippen MR) is 131 cm³/mol. The number of hydrogen-bond acceptors (Lipinski definition) is 7. The van der Waals surface area contributed by atoms with Gasteiger partial charge in [0.25, 0.3) is 0 Å². The largest absolute Gasteiger partial charge is 0.493 e. The minimum absolute atomic E-state index is 0.0149. The molecule has 0 saturated heterocycles. The summed E-state index contributed by atoms with van der Waals surface area (Å²) in [4.78, 5) is 26.9. The molecule has 35 heavy (non-hydrogen) atoms. The third-order valence-corrected chi connectivity index (χ3v) is 6.86. The van der Waals surface area contributed by atoms with Crippen LogP contribution in [0, 0.1) is 6.92 Å². The predicted octanol–water partition coefficient (Wildman–Crippen LogP) is 5.31. The molecule has 0 spiro atoms. The van der Waals surface area contributed by atoms with Gasteiger partial charge in [-0.2, -0.15) is 0 Å². The third-order valence-electron chi connectivity index (χ3n) is 6.86. The Morgan fingerprint density at radius 3 is 2.49 bits per heavy atom. The molecule has 2 aliphatic rings. The van der Waals surface area contributed by atoms with Crippen LogP contribution < -0.4 is 14.8 Å². The Labute approximate surface area is 206 Å². The van der Waals surface area contributed by atoms with Gasteiger partial charge < -0.3 is 23.9 Å². The molecule has 4 rings (SSSR count). The number of Topliss-reactive ketones (excluding diaryl/α,β-unsaturated/α-hetero) is 1. The highest BCUT2D eigenvalue weighted by Crippen LogP contribution is 2.46. The van der Waals surface area contributed by atoms with E-state index in [9.17, 15) is 9.59 Å². The highest BCUT2D eigenvalue weighted by Gasteiger charge is 2.43. The maximum atomic E-state index is 13.7. The summed E-state index contributed by atoms with van der Waals surface area (Å²) in [6, 6.07) is 9.45. The van der Waals surface area contributed by atoms with Gasteiger partial charge in [0.15, 0.2) is 17.3 Å². The highest BCUT2D eigenvalue weighted by atomic mass is 16.5. The number of carbonyl (C=O) groups is 2. The maximum absolute atomic E-state index is 13.7. The number of rotatable bonds is 7. The summed E-state index contributed by atoms with van der Waals surface area (Å²) in [6.07, 6.45) is 1.42. The van der Waals surface area contributed by atoms with Gasteiger partial charge in [0.1, 0.15) is 11.5 Å². The Hall–Kier alpha value is -3.48. The van der Waals surface area contributed by atoms with Crippen LogP contribution in [0.1, 0.15) is 69.0 Å². The summed E-state index contributed by atoms with van der Waals surface area (Å²) in [7, 11) is 3.20. The number of ketones is 1. The van der Waals surface area contributed by atoms with Gasteiger partial charge in [-0.05, 0) is 69.4 Å². The SMILES string of the molecule is CC[C@@H](C)OC(=O)C1=C(C)NC2=C(C(=O)C[C@@H](c3ccc(OC)c(OC)c3)C2)[C@H]1c1ccc(C)o1. The van der Waals surface area contributed by atoms with Crippen LogP contribution in [0.25, 0.3) is 0 Å². The lowest BCUT2D eigenvalue weighted by Gasteiger charge is -2.36. The molecule has 0 fully saturated rings. The fourth-order valence-electron chi connectivity index (χ4n) is 4.87. The van der Waals surface area contributed by atoms with Crippen LogP contribution in [-0.2, 0) is 14.3 Å². The summed E-state index contributed by atoms with van der Waals surface area (Å²) in [5.41, 5.74) is 3.50. The normalized spacial score (nSPS) is 20.8. The van der Waals surface area contributed by atoms with Crippen molar-refractivity contribution in [3.05, 3.63) is 70.0 Å². The molecule has 0 bridgehead atoms. The van der Waals surface area contributed by atoms with Crippen LogP contribution in [0.2, 0.25) is 0 Å². The van der Waals surface area contributed by atoms with E-state index in [2.05, 4.69) is 5.32 Å². The van der Waals surface area contributed by atoms with E-state index in [0.717, 1.165) is 17.0 Å². The van der Waals surface area contributed by atoms with Gasteiger partial charge in [-0.25, -0.2) is 4.79 Å². The number of carbonyl (C=O) groups excluding carboxylic acids is 2. The highest BCUT2D eigenvalue weighted by molar-refractivity contribution is 6.04. The van der Waals surface area contributed by atoms with E-state index in [0.29, 0.717) is 53.4 Å². The molecule has 1 aromatic heterocycles. The zero-order valence-electron chi connectivity index (χ0n) is 21.2. The van der Waals surface area contributed by atoms with Gasteiger partial charge in [-0.15, -0.1) is 0 Å². The van der Waals surface area contributed by atoms with Crippen LogP contribution in [0.3, 0.4) is 0 Å². The lowest BCUT2D eigenvalue weighted by Crippen LogP contribution is -2.36. The molecule has 2 aromatic rings. The number of furan rings is 1. The van der Waals surface area contributed by atoms with Gasteiger partial charge in [-0.1, -0.05) is 13.0 Å². The number of allylic oxidation sites excluding steroid dienone is 3. The van der Waals surface area contributed by atoms with Gasteiger partial charge in [-0.3, -0.25) is 4.79 Å². The molecule has 2 heterocycles. The molecule has 7 nitrogen and oxygen atoms in total. The van der Waals surface area contributed by atoms with Crippen molar-refractivity contribution in [2.24, 2.45) is 0 Å². The minimum Gasteiger partial charge on any atom is -0.493 e. The van der Waals surface area contributed by atoms with E-state index in [1.165, 1.54) is 0 Å². The molecule has 1 N–H and O–H groups in total. The first-order valence-electron chi connectivity index (χ1n) is 12.0. The van der Waals surface area contributed by atoms with E-state index >= 15 is 0 Å². The topological polar surface area (TPSA) is 87.0 Å². The molecule has 1 aromatic carbocycles. The van der Waals surface area contributed by atoms with Crippen LogP contribution in [0.4, 0.5) is 0 Å². The summed E-state index contributed by atoms with van der Waals surface area (Å²) < 4.78 is 22.5. The second-order valence-corrected chi connectivity index (χ2v) is 9.20. The Bertz CT molecular complexity index is 1200. The Balaban J connectivity index is 1.74. The first kappa shape index (κ1) is 24.6. The van der Waals surface area contributed by atoms with Crippen LogP contribution in [-0.4, -0.2) is 32.1 Å². The first-order valence-corrected chi connectivity index (χ1v) is 12.0. The van der Waals surface area contributed by atoms with Crippen molar-refractivity contribution in [2.75, 3.05) is 14.2 Å². The quantitative estimate of drug-likeness (QED) is 0.539. The van der Waals surface area contributed by atoms with Crippen LogP contribution >= 0.6 is 0 Å². The zero-order chi connectivity index (χ0) is 25.3. The lowest BCUT2D eigenvalue weighted by atomic mass is 9.73. The number of aryl methyl sites for hydroxylation is 1. The number of nitrogens with one attached hydrogen (secondary N) is 1. The van der Waals surface area contributed by atoms with Crippen molar-refractivity contribution in [2.45, 2.75) is 64.9 Å². The standard InChI is InChI=1S/C28H33NO6/c1-7-15(2)35-28(31)25-17(4)29-20-12-19(18-9-11-22(32-5)24(14-18)33-6)13-21(30)26(20)27(25)23-10-8-16(3)34-23/h8-11,14-15,19,27,29H,7,12-13H2,1-6H3/t15-,19+,27+/m1/s1. The Morgan fingerprint density at radius 1 is 1.11 bits per heavy atom. The van der Waals surface area contributed by atoms with Gasteiger partial charge in [0.05, 0.1) is 31.8 Å². The summed E-state index contributed by atoms with van der Waals surface area (Å²) in [5.74, 6) is 1.49. The van der Waals surface area contributed by atoms with E-state index in [1.807, 2.05) is 58.0 Å². The van der Waals surface area contributed by atoms with Crippen LogP contribution in [0.15, 0.2) is 57.3 Å². The van der Waals surface area contributed by atoms with E-state index in [-0.39, 0.29) is 17.8 Å². The molecular weight excluding hydrogens is 446 g/mol. The summed E-state index contributed by atoms with van der Waals surface area (Å²) in [6.45, 7) is 7.53. The zero-order valence-corrected chi connectivity index (χ0v) is 21.2. The molecule has 1 aliphatic carbocycles. The van der Waals surface area contributed by atoms with Crippen molar-refractivity contribution in [1.82, 2.24) is 5.32 Å². The fourth-order valence-corrected chi connectivity index (χ4v) is 4.87. The van der Waals surface area contributed by atoms with Crippen molar-refractivity contribution >= 4 is 11.8 Å². The Morgan fingerprint density at radius 2 is 1.86 bits per heavy atom. The van der Waals surface area contributed by atoms with Crippen molar-refractivity contribution in [3.63, 3.8) is 0 Å². The second-order valence-electron chi connectivity index (χ2n) is 9.20. The van der Waals surface area contributed by atoms with Crippen molar-refractivity contribution in [3.8, 4) is 11.5 Å². The number of dihydropyridines is 1. The smallest absolute Gasteiger partial charge is 0.337 e. The minimum atomic E-state index is -0.602. The molecule has 7 heteroatoms. The maximum Gasteiger partial charge on any atom is 0.337 e. The number of hydrogen-bond donors (Lipinski definition) is 1. The monoisotopic (exact) mass is 479 g/mol. The van der Waals surface area contributed by atoms with Crippen LogP contribution in [0.5, 0.6) is 11.5 Å². The third kappa shape index (κ3) is 4.72. The van der Waals surface area contributed by atoms with Gasteiger partial charge in [0, 0.05) is 23.4 Å². The number of ether oxygens (including phenoxy) is 3. The molecule has 3 atom stereocenters. The summed E-state index contributed by atoms with van der Waals surface area (Å²) >= 11 is 0. The molecule has 1 aliphatic heterocycles. The van der Waals surface area contributed by atoms with Crippen molar-refractivity contribution < 1.29 is 28.2 Å².